The topological polar surface area (TPSA) is 85.2 Å². The molecule has 0 saturated carbocycles. The van der Waals surface area contributed by atoms with Gasteiger partial charge >= 0.3 is 0 Å². The van der Waals surface area contributed by atoms with Crippen molar-refractivity contribution in [3.8, 4) is 5.69 Å². The summed E-state index contributed by atoms with van der Waals surface area (Å²) >= 11 is 6.21. The van der Waals surface area contributed by atoms with Crippen LogP contribution in [0.5, 0.6) is 0 Å². The molecule has 9 heteroatoms. The molecule has 0 unspecified atom stereocenters. The molecule has 0 aliphatic carbocycles. The first kappa shape index (κ1) is 20.3. The van der Waals surface area contributed by atoms with Crippen LogP contribution in [-0.2, 0) is 11.3 Å². The summed E-state index contributed by atoms with van der Waals surface area (Å²) in [5.41, 5.74) is 3.94. The average molecular weight is 427 g/mol. The number of amides is 1. The summed E-state index contributed by atoms with van der Waals surface area (Å²) < 4.78 is 7.24. The summed E-state index contributed by atoms with van der Waals surface area (Å²) in [5, 5.41) is 7.76. The zero-order valence-electron chi connectivity index (χ0n) is 16.9. The van der Waals surface area contributed by atoms with Gasteiger partial charge < -0.3 is 15.0 Å². The summed E-state index contributed by atoms with van der Waals surface area (Å²) in [7, 11) is 0. The Kier molecular flexibility index (Phi) is 5.96. The largest absolute Gasteiger partial charge is 0.378 e. The molecule has 1 aliphatic heterocycles. The number of hydrogen-bond acceptors (Lipinski definition) is 6. The number of nitrogens with zero attached hydrogens (tertiary/aromatic N) is 5. The first-order valence-corrected chi connectivity index (χ1v) is 10.2. The molecular weight excluding hydrogens is 404 g/mol. The Balaban J connectivity index is 1.51. The van der Waals surface area contributed by atoms with Gasteiger partial charge in [-0.1, -0.05) is 29.8 Å². The molecule has 0 atom stereocenters. The number of anilines is 1. The van der Waals surface area contributed by atoms with E-state index in [9.17, 15) is 4.79 Å². The number of hydrogen-bond donors (Lipinski definition) is 1. The van der Waals surface area contributed by atoms with Crippen molar-refractivity contribution in [2.75, 3.05) is 31.2 Å². The summed E-state index contributed by atoms with van der Waals surface area (Å²) in [6.07, 6.45) is 1.47. The van der Waals surface area contributed by atoms with Crippen molar-refractivity contribution in [2.24, 2.45) is 0 Å². The molecule has 1 fully saturated rings. The van der Waals surface area contributed by atoms with Gasteiger partial charge in [0.25, 0.3) is 5.91 Å². The van der Waals surface area contributed by atoms with Gasteiger partial charge in [-0.05, 0) is 26.0 Å². The predicted octanol–water partition coefficient (Wildman–Crippen LogP) is 2.70. The number of para-hydroxylation sites is 1. The third-order valence-electron chi connectivity index (χ3n) is 5.11. The second kappa shape index (κ2) is 8.81. The van der Waals surface area contributed by atoms with E-state index in [-0.39, 0.29) is 16.6 Å². The highest BCUT2D eigenvalue weighted by Crippen LogP contribution is 2.20. The number of aromatic nitrogens is 4. The molecule has 156 valence electrons. The number of halogens is 1. The van der Waals surface area contributed by atoms with Gasteiger partial charge in [0.2, 0.25) is 5.95 Å². The summed E-state index contributed by atoms with van der Waals surface area (Å²) in [4.78, 5) is 23.5. The fraction of sp³-hybridized carbons (Fsp3) is 0.333. The van der Waals surface area contributed by atoms with Crippen molar-refractivity contribution in [3.63, 3.8) is 0 Å². The van der Waals surface area contributed by atoms with E-state index in [1.54, 1.807) is 0 Å². The Labute approximate surface area is 179 Å². The lowest BCUT2D eigenvalue weighted by atomic mass is 10.2. The third-order valence-corrected chi connectivity index (χ3v) is 5.38. The van der Waals surface area contributed by atoms with Crippen molar-refractivity contribution in [3.05, 3.63) is 64.2 Å². The SMILES string of the molecule is Cc1nn(-c2ccccc2)c(C)c1CNC(=O)c1nc(N2CCOCC2)ncc1Cl. The maximum atomic E-state index is 12.8. The number of carbonyl (C=O) groups is 1. The van der Waals surface area contributed by atoms with Gasteiger partial charge in [-0.2, -0.15) is 5.10 Å². The van der Waals surface area contributed by atoms with Gasteiger partial charge in [0.05, 0.1) is 35.8 Å². The maximum Gasteiger partial charge on any atom is 0.271 e. The molecule has 1 aromatic carbocycles. The quantitative estimate of drug-likeness (QED) is 0.675. The molecular formula is C21H23ClN6O2. The highest BCUT2D eigenvalue weighted by atomic mass is 35.5. The van der Waals surface area contributed by atoms with Crippen LogP contribution in [-0.4, -0.2) is 52.0 Å². The molecule has 3 aromatic rings. The first-order chi connectivity index (χ1) is 14.5. The Morgan fingerprint density at radius 3 is 2.67 bits per heavy atom. The average Bonchev–Trinajstić information content (AvgIpc) is 3.07. The van der Waals surface area contributed by atoms with Gasteiger partial charge in [-0.3, -0.25) is 4.79 Å². The minimum absolute atomic E-state index is 0.166. The van der Waals surface area contributed by atoms with Crippen LogP contribution in [0.3, 0.4) is 0 Å². The lowest BCUT2D eigenvalue weighted by Crippen LogP contribution is -2.37. The van der Waals surface area contributed by atoms with E-state index in [2.05, 4.69) is 20.4 Å². The normalized spacial score (nSPS) is 14.0. The minimum atomic E-state index is -0.344. The zero-order valence-corrected chi connectivity index (χ0v) is 17.7. The van der Waals surface area contributed by atoms with Crippen molar-refractivity contribution in [1.82, 2.24) is 25.1 Å². The van der Waals surface area contributed by atoms with Crippen molar-refractivity contribution in [2.45, 2.75) is 20.4 Å². The van der Waals surface area contributed by atoms with Gasteiger partial charge in [0.1, 0.15) is 0 Å². The minimum Gasteiger partial charge on any atom is -0.378 e. The van der Waals surface area contributed by atoms with Crippen LogP contribution in [0.25, 0.3) is 5.69 Å². The van der Waals surface area contributed by atoms with Crippen LogP contribution in [0.2, 0.25) is 5.02 Å². The first-order valence-electron chi connectivity index (χ1n) is 9.78. The predicted molar refractivity (Wildman–Crippen MR) is 114 cm³/mol. The Hall–Kier alpha value is -2.97. The molecule has 0 spiro atoms. The third kappa shape index (κ3) is 4.15. The molecule has 1 saturated heterocycles. The summed E-state index contributed by atoms with van der Waals surface area (Å²) in [6, 6.07) is 9.89. The lowest BCUT2D eigenvalue weighted by molar-refractivity contribution is 0.0945. The van der Waals surface area contributed by atoms with E-state index >= 15 is 0 Å². The number of morpholine rings is 1. The second-order valence-electron chi connectivity index (χ2n) is 7.05. The van der Waals surface area contributed by atoms with E-state index in [1.165, 1.54) is 6.20 Å². The van der Waals surface area contributed by atoms with Gasteiger partial charge in [0.15, 0.2) is 5.69 Å². The summed E-state index contributed by atoms with van der Waals surface area (Å²) in [5.74, 6) is 0.139. The smallest absolute Gasteiger partial charge is 0.271 e. The maximum absolute atomic E-state index is 12.8. The molecule has 2 aromatic heterocycles. The molecule has 0 bridgehead atoms. The number of benzene rings is 1. The van der Waals surface area contributed by atoms with Crippen LogP contribution in [0.15, 0.2) is 36.5 Å². The van der Waals surface area contributed by atoms with Gasteiger partial charge in [-0.25, -0.2) is 14.6 Å². The molecule has 1 amide bonds. The highest BCUT2D eigenvalue weighted by Gasteiger charge is 2.20. The number of aryl methyl sites for hydroxylation is 1. The zero-order chi connectivity index (χ0) is 21.1. The van der Waals surface area contributed by atoms with E-state index in [0.29, 0.717) is 38.8 Å². The Morgan fingerprint density at radius 1 is 1.20 bits per heavy atom. The van der Waals surface area contributed by atoms with Crippen molar-refractivity contribution < 1.29 is 9.53 Å². The molecule has 30 heavy (non-hydrogen) atoms. The van der Waals surface area contributed by atoms with Crippen LogP contribution >= 0.6 is 11.6 Å². The Bertz CT molecular complexity index is 1050. The fourth-order valence-electron chi connectivity index (χ4n) is 3.44. The Morgan fingerprint density at radius 2 is 1.93 bits per heavy atom. The van der Waals surface area contributed by atoms with Crippen molar-refractivity contribution >= 4 is 23.5 Å². The van der Waals surface area contributed by atoms with Crippen LogP contribution in [0.4, 0.5) is 5.95 Å². The molecule has 8 nitrogen and oxygen atoms in total. The number of ether oxygens (including phenoxy) is 1. The lowest BCUT2D eigenvalue weighted by Gasteiger charge is -2.26. The molecule has 4 rings (SSSR count). The van der Waals surface area contributed by atoms with E-state index in [0.717, 1.165) is 22.6 Å². The van der Waals surface area contributed by atoms with E-state index in [1.807, 2.05) is 53.8 Å². The van der Waals surface area contributed by atoms with Crippen LogP contribution in [0.1, 0.15) is 27.4 Å². The molecule has 3 heterocycles. The number of rotatable bonds is 5. The summed E-state index contributed by atoms with van der Waals surface area (Å²) in [6.45, 7) is 6.83. The van der Waals surface area contributed by atoms with Crippen LogP contribution < -0.4 is 10.2 Å². The second-order valence-corrected chi connectivity index (χ2v) is 7.45. The number of carbonyl (C=O) groups excluding carboxylic acids is 1. The molecule has 1 aliphatic rings. The monoisotopic (exact) mass is 426 g/mol. The number of nitrogens with one attached hydrogen (secondary N) is 1. The van der Waals surface area contributed by atoms with E-state index in [4.69, 9.17) is 16.3 Å². The van der Waals surface area contributed by atoms with Crippen molar-refractivity contribution in [1.29, 1.82) is 0 Å². The standard InChI is InChI=1S/C21H23ClN6O2/c1-14-17(15(2)28(26-14)16-6-4-3-5-7-16)12-23-20(29)19-18(22)13-24-21(25-19)27-8-10-30-11-9-27/h3-7,13H,8-12H2,1-2H3,(H,23,29). The molecule has 0 radical (unpaired) electrons. The van der Waals surface area contributed by atoms with Crippen LogP contribution in [0, 0.1) is 13.8 Å². The fourth-order valence-corrected chi connectivity index (χ4v) is 3.61. The van der Waals surface area contributed by atoms with Gasteiger partial charge in [0, 0.05) is 30.9 Å². The van der Waals surface area contributed by atoms with Gasteiger partial charge in [-0.15, -0.1) is 0 Å². The van der Waals surface area contributed by atoms with E-state index < -0.39 is 0 Å². The highest BCUT2D eigenvalue weighted by molar-refractivity contribution is 6.33. The molecule has 1 N–H and O–H groups in total.